The lowest BCUT2D eigenvalue weighted by Crippen LogP contribution is -2.24. The van der Waals surface area contributed by atoms with E-state index in [2.05, 4.69) is 38.3 Å². The molecular formula is C16H18N6O2S. The second-order valence-electron chi connectivity index (χ2n) is 6.83. The average Bonchev–Trinajstić information content (AvgIpc) is 3.26. The van der Waals surface area contributed by atoms with Crippen LogP contribution in [0.15, 0.2) is 15.7 Å². The SMILES string of the molecule is CC(C)n1c2c(c3c(N)ncnc31)-c1noc(C3CC3)c1[S+]([O-])NC2. The Bertz CT molecular complexity index is 990. The van der Waals surface area contributed by atoms with Gasteiger partial charge in [-0.1, -0.05) is 5.16 Å². The first-order valence-corrected chi connectivity index (χ1v) is 9.51. The third-order valence-corrected chi connectivity index (χ3v) is 6.02. The van der Waals surface area contributed by atoms with E-state index < -0.39 is 11.4 Å². The molecule has 3 aromatic heterocycles. The van der Waals surface area contributed by atoms with Crippen LogP contribution in [0.3, 0.4) is 0 Å². The number of aromatic nitrogens is 4. The molecule has 1 fully saturated rings. The lowest BCUT2D eigenvalue weighted by molar-refractivity contribution is 0.381. The van der Waals surface area contributed by atoms with Gasteiger partial charge in [-0.05, 0) is 26.7 Å². The molecule has 4 heterocycles. The normalized spacial score (nSPS) is 19.9. The van der Waals surface area contributed by atoms with Gasteiger partial charge in [0.2, 0.25) is 4.90 Å². The molecule has 2 aliphatic rings. The quantitative estimate of drug-likeness (QED) is 0.675. The van der Waals surface area contributed by atoms with Gasteiger partial charge >= 0.3 is 0 Å². The molecule has 5 rings (SSSR count). The fraction of sp³-hybridized carbons (Fsp3) is 0.438. The number of nitrogen functional groups attached to an aromatic ring is 1. The van der Waals surface area contributed by atoms with Gasteiger partial charge in [0.1, 0.15) is 17.8 Å². The number of hydrogen-bond donors (Lipinski definition) is 2. The highest BCUT2D eigenvalue weighted by Gasteiger charge is 2.42. The molecule has 25 heavy (non-hydrogen) atoms. The average molecular weight is 358 g/mol. The predicted octanol–water partition coefficient (Wildman–Crippen LogP) is 2.25. The Labute approximate surface area is 147 Å². The minimum absolute atomic E-state index is 0.159. The van der Waals surface area contributed by atoms with Gasteiger partial charge in [0, 0.05) is 23.2 Å². The van der Waals surface area contributed by atoms with Crippen molar-refractivity contribution >= 4 is 28.2 Å². The highest BCUT2D eigenvalue weighted by Crippen LogP contribution is 2.48. The molecular weight excluding hydrogens is 340 g/mol. The van der Waals surface area contributed by atoms with E-state index in [-0.39, 0.29) is 6.04 Å². The first-order chi connectivity index (χ1) is 12.1. The smallest absolute Gasteiger partial charge is 0.244 e. The van der Waals surface area contributed by atoms with Crippen LogP contribution in [0, 0.1) is 0 Å². The molecule has 0 spiro atoms. The third kappa shape index (κ3) is 2.06. The Morgan fingerprint density at radius 3 is 2.92 bits per heavy atom. The molecule has 0 amide bonds. The Morgan fingerprint density at radius 2 is 2.20 bits per heavy atom. The summed E-state index contributed by atoms with van der Waals surface area (Å²) in [6.45, 7) is 4.61. The van der Waals surface area contributed by atoms with Crippen molar-refractivity contribution in [3.63, 3.8) is 0 Å². The highest BCUT2D eigenvalue weighted by atomic mass is 32.2. The molecule has 0 aromatic carbocycles. The number of hydrogen-bond acceptors (Lipinski definition) is 7. The zero-order valence-electron chi connectivity index (χ0n) is 13.9. The van der Waals surface area contributed by atoms with Crippen LogP contribution in [0.5, 0.6) is 0 Å². The number of anilines is 1. The molecule has 130 valence electrons. The van der Waals surface area contributed by atoms with Gasteiger partial charge < -0.3 is 19.4 Å². The summed E-state index contributed by atoms with van der Waals surface area (Å²) in [5.74, 6) is 1.44. The van der Waals surface area contributed by atoms with Gasteiger partial charge in [-0.15, -0.1) is 4.72 Å². The number of nitrogens with zero attached hydrogens (tertiary/aromatic N) is 4. The second kappa shape index (κ2) is 5.20. The Morgan fingerprint density at radius 1 is 1.40 bits per heavy atom. The molecule has 0 saturated heterocycles. The van der Waals surface area contributed by atoms with Crippen molar-refractivity contribution < 1.29 is 9.08 Å². The summed E-state index contributed by atoms with van der Waals surface area (Å²) in [5, 5.41) is 5.05. The fourth-order valence-corrected chi connectivity index (χ4v) is 4.75. The maximum atomic E-state index is 12.8. The Balaban J connectivity index is 1.90. The molecule has 9 heteroatoms. The lowest BCUT2D eigenvalue weighted by Gasteiger charge is -2.14. The van der Waals surface area contributed by atoms with Gasteiger partial charge in [-0.25, -0.2) is 9.97 Å². The van der Waals surface area contributed by atoms with Crippen molar-refractivity contribution in [2.75, 3.05) is 5.73 Å². The summed E-state index contributed by atoms with van der Waals surface area (Å²) >= 11 is -1.37. The molecule has 3 N–H and O–H groups in total. The summed E-state index contributed by atoms with van der Waals surface area (Å²) < 4.78 is 23.6. The van der Waals surface area contributed by atoms with E-state index in [9.17, 15) is 4.55 Å². The van der Waals surface area contributed by atoms with E-state index >= 15 is 0 Å². The van der Waals surface area contributed by atoms with Crippen molar-refractivity contribution in [2.45, 2.75) is 50.1 Å². The van der Waals surface area contributed by atoms with Crippen molar-refractivity contribution in [1.82, 2.24) is 24.4 Å². The number of nitrogens with two attached hydrogens (primary N) is 1. The molecule has 1 aliphatic carbocycles. The Hall–Kier alpha value is -2.10. The summed E-state index contributed by atoms with van der Waals surface area (Å²) in [5.41, 5.74) is 9.36. The molecule has 1 unspecified atom stereocenters. The van der Waals surface area contributed by atoms with Crippen LogP contribution in [0.4, 0.5) is 5.82 Å². The summed E-state index contributed by atoms with van der Waals surface area (Å²) in [7, 11) is 0. The molecule has 1 aliphatic heterocycles. The first kappa shape index (κ1) is 15.2. The van der Waals surface area contributed by atoms with E-state index in [4.69, 9.17) is 10.3 Å². The molecule has 1 atom stereocenters. The number of rotatable bonds is 2. The van der Waals surface area contributed by atoms with Crippen LogP contribution in [0.25, 0.3) is 22.3 Å². The van der Waals surface area contributed by atoms with Gasteiger partial charge in [-0.3, -0.25) is 0 Å². The molecule has 8 nitrogen and oxygen atoms in total. The summed E-state index contributed by atoms with van der Waals surface area (Å²) in [6, 6.07) is 0.159. The van der Waals surface area contributed by atoms with Crippen LogP contribution in [-0.4, -0.2) is 24.2 Å². The minimum atomic E-state index is -1.37. The van der Waals surface area contributed by atoms with Crippen molar-refractivity contribution in [3.05, 3.63) is 17.8 Å². The molecule has 3 aromatic rings. The molecule has 0 bridgehead atoms. The van der Waals surface area contributed by atoms with Crippen molar-refractivity contribution in [1.29, 1.82) is 0 Å². The maximum absolute atomic E-state index is 12.8. The van der Waals surface area contributed by atoms with E-state index in [0.29, 0.717) is 28.9 Å². The van der Waals surface area contributed by atoms with Gasteiger partial charge in [0.25, 0.3) is 0 Å². The van der Waals surface area contributed by atoms with Crippen molar-refractivity contribution in [2.24, 2.45) is 0 Å². The third-order valence-electron chi connectivity index (χ3n) is 4.85. The maximum Gasteiger partial charge on any atom is 0.244 e. The van der Waals surface area contributed by atoms with Gasteiger partial charge in [0.05, 0.1) is 23.3 Å². The number of nitrogens with one attached hydrogen (secondary N) is 1. The first-order valence-electron chi connectivity index (χ1n) is 8.36. The van der Waals surface area contributed by atoms with E-state index in [1.807, 2.05) is 0 Å². The highest BCUT2D eigenvalue weighted by molar-refractivity contribution is 7.89. The number of fused-ring (bicyclic) bond motifs is 5. The monoisotopic (exact) mass is 358 g/mol. The van der Waals surface area contributed by atoms with E-state index in [1.165, 1.54) is 6.33 Å². The Kier molecular flexibility index (Phi) is 3.16. The van der Waals surface area contributed by atoms with Gasteiger partial charge in [0.15, 0.2) is 11.5 Å². The van der Waals surface area contributed by atoms with Crippen molar-refractivity contribution in [3.8, 4) is 11.3 Å². The summed E-state index contributed by atoms with van der Waals surface area (Å²) in [6.07, 6.45) is 3.57. The van der Waals surface area contributed by atoms with Gasteiger partial charge in [-0.2, -0.15) is 0 Å². The molecule has 1 saturated carbocycles. The van der Waals surface area contributed by atoms with E-state index in [1.54, 1.807) is 0 Å². The van der Waals surface area contributed by atoms with Crippen LogP contribution in [0.1, 0.15) is 50.1 Å². The standard InChI is InChI=1S/C16H18N6O2S/c1-7(2)22-9-5-20-25(23)14-12(21-24-13(14)8-3-4-8)10(9)11-15(17)18-6-19-16(11)22/h6-8,20H,3-5H2,1-2H3,(H2,17,18,19). The zero-order valence-corrected chi connectivity index (χ0v) is 14.8. The van der Waals surface area contributed by atoms with Crippen LogP contribution < -0.4 is 10.5 Å². The predicted molar refractivity (Wildman–Crippen MR) is 93.0 cm³/mol. The topological polar surface area (TPSA) is 118 Å². The van der Waals surface area contributed by atoms with Crippen LogP contribution in [0.2, 0.25) is 0 Å². The second-order valence-corrected chi connectivity index (χ2v) is 8.07. The minimum Gasteiger partial charge on any atom is -0.593 e. The van der Waals surface area contributed by atoms with E-state index in [0.717, 1.165) is 40.9 Å². The lowest BCUT2D eigenvalue weighted by atomic mass is 10.1. The fourth-order valence-electron chi connectivity index (χ4n) is 3.63. The molecule has 0 radical (unpaired) electrons. The van der Waals surface area contributed by atoms with Crippen LogP contribution >= 0.6 is 0 Å². The van der Waals surface area contributed by atoms with Crippen LogP contribution in [-0.2, 0) is 17.9 Å². The summed E-state index contributed by atoms with van der Waals surface area (Å²) in [4.78, 5) is 9.26. The zero-order chi connectivity index (χ0) is 17.3. The largest absolute Gasteiger partial charge is 0.593 e.